The third-order valence-electron chi connectivity index (χ3n) is 5.53. The van der Waals surface area contributed by atoms with Gasteiger partial charge in [0.05, 0.1) is 12.8 Å². The molecule has 0 unspecified atom stereocenters. The smallest absolute Gasteiger partial charge is 0.215 e. The van der Waals surface area contributed by atoms with E-state index in [-0.39, 0.29) is 5.54 Å². The number of aromatic nitrogens is 1. The predicted molar refractivity (Wildman–Crippen MR) is 79.7 cm³/mol. The van der Waals surface area contributed by atoms with E-state index >= 15 is 0 Å². The molecule has 20 heavy (non-hydrogen) atoms. The molecule has 0 aromatic carbocycles. The Bertz CT molecular complexity index is 493. The minimum Gasteiger partial charge on any atom is -0.481 e. The Morgan fingerprint density at radius 3 is 2.30 bits per heavy atom. The van der Waals surface area contributed by atoms with E-state index in [2.05, 4.69) is 10.3 Å². The number of anilines is 2. The van der Waals surface area contributed by atoms with Gasteiger partial charge in [0.25, 0.3) is 0 Å². The Hall–Kier alpha value is -1.45. The van der Waals surface area contributed by atoms with Crippen LogP contribution in [0.3, 0.4) is 0 Å². The first-order chi connectivity index (χ1) is 9.66. The van der Waals surface area contributed by atoms with Crippen LogP contribution in [0.5, 0.6) is 5.88 Å². The zero-order valence-electron chi connectivity index (χ0n) is 12.1. The van der Waals surface area contributed by atoms with Gasteiger partial charge < -0.3 is 15.8 Å². The predicted octanol–water partition coefficient (Wildman–Crippen LogP) is 3.05. The van der Waals surface area contributed by atoms with Crippen molar-refractivity contribution in [2.24, 2.45) is 17.8 Å². The molecule has 4 bridgehead atoms. The number of nitrogens with zero attached hydrogens (tertiary/aromatic N) is 1. The highest BCUT2D eigenvalue weighted by Gasteiger charge is 2.51. The van der Waals surface area contributed by atoms with E-state index in [1.165, 1.54) is 38.5 Å². The molecule has 1 heterocycles. The average molecular weight is 273 g/mol. The van der Waals surface area contributed by atoms with Crippen molar-refractivity contribution in [3.63, 3.8) is 0 Å². The lowest BCUT2D eigenvalue weighted by Gasteiger charge is -2.57. The summed E-state index contributed by atoms with van der Waals surface area (Å²) in [5, 5.41) is 3.71. The molecule has 4 aliphatic carbocycles. The van der Waals surface area contributed by atoms with Gasteiger partial charge in [0.15, 0.2) is 5.82 Å². The fourth-order valence-corrected chi connectivity index (χ4v) is 5.18. The summed E-state index contributed by atoms with van der Waals surface area (Å²) in [6.45, 7) is 0. The minimum absolute atomic E-state index is 0.238. The highest BCUT2D eigenvalue weighted by molar-refractivity contribution is 5.63. The van der Waals surface area contributed by atoms with Gasteiger partial charge >= 0.3 is 0 Å². The molecule has 0 radical (unpaired) electrons. The fraction of sp³-hybridized carbons (Fsp3) is 0.688. The van der Waals surface area contributed by atoms with E-state index in [9.17, 15) is 0 Å². The SMILES string of the molecule is COc1ccc(N)c(NC23CC4CC(CC(C4)C2)C3)n1. The number of methoxy groups -OCH3 is 1. The Morgan fingerprint density at radius 2 is 1.75 bits per heavy atom. The van der Waals surface area contributed by atoms with Crippen LogP contribution in [-0.4, -0.2) is 17.6 Å². The summed E-state index contributed by atoms with van der Waals surface area (Å²) in [5.74, 6) is 4.19. The van der Waals surface area contributed by atoms with Crippen molar-refractivity contribution >= 4 is 11.5 Å². The Morgan fingerprint density at radius 1 is 1.15 bits per heavy atom. The van der Waals surface area contributed by atoms with Gasteiger partial charge in [0.1, 0.15) is 0 Å². The maximum absolute atomic E-state index is 6.09. The average Bonchev–Trinajstić information content (AvgIpc) is 2.39. The first-order valence-electron chi connectivity index (χ1n) is 7.74. The molecule has 0 aliphatic heterocycles. The van der Waals surface area contributed by atoms with E-state index < -0.39 is 0 Å². The number of rotatable bonds is 3. The molecule has 3 N–H and O–H groups in total. The Balaban J connectivity index is 1.62. The molecule has 4 nitrogen and oxygen atoms in total. The molecule has 4 aliphatic rings. The number of hydrogen-bond acceptors (Lipinski definition) is 4. The summed E-state index contributed by atoms with van der Waals surface area (Å²) in [6.07, 6.45) is 8.21. The molecule has 4 fully saturated rings. The lowest BCUT2D eigenvalue weighted by Crippen LogP contribution is -2.55. The van der Waals surface area contributed by atoms with Crippen LogP contribution in [0.25, 0.3) is 0 Å². The van der Waals surface area contributed by atoms with Crippen molar-refractivity contribution in [3.8, 4) is 5.88 Å². The second kappa shape index (κ2) is 4.27. The monoisotopic (exact) mass is 273 g/mol. The second-order valence-electron chi connectivity index (χ2n) is 7.11. The number of nitrogen functional groups attached to an aromatic ring is 1. The van der Waals surface area contributed by atoms with Gasteiger partial charge in [-0.15, -0.1) is 0 Å². The van der Waals surface area contributed by atoms with Gasteiger partial charge in [-0.1, -0.05) is 0 Å². The molecular weight excluding hydrogens is 250 g/mol. The lowest BCUT2D eigenvalue weighted by molar-refractivity contribution is 0.0105. The number of nitrogens with one attached hydrogen (secondary N) is 1. The van der Waals surface area contributed by atoms with Gasteiger partial charge in [-0.3, -0.25) is 0 Å². The van der Waals surface area contributed by atoms with Crippen LogP contribution >= 0.6 is 0 Å². The molecule has 5 rings (SSSR count). The zero-order chi connectivity index (χ0) is 13.7. The maximum Gasteiger partial charge on any atom is 0.215 e. The third-order valence-corrected chi connectivity index (χ3v) is 5.53. The Labute approximate surface area is 120 Å². The van der Waals surface area contributed by atoms with E-state index in [4.69, 9.17) is 10.5 Å². The van der Waals surface area contributed by atoms with Gasteiger partial charge in [-0.2, -0.15) is 4.98 Å². The molecule has 1 aromatic heterocycles. The molecule has 4 saturated carbocycles. The Kier molecular flexibility index (Phi) is 2.63. The van der Waals surface area contributed by atoms with Gasteiger partial charge in [0.2, 0.25) is 5.88 Å². The zero-order valence-corrected chi connectivity index (χ0v) is 12.1. The van der Waals surface area contributed by atoms with Crippen molar-refractivity contribution in [1.29, 1.82) is 0 Å². The molecule has 1 aromatic rings. The van der Waals surface area contributed by atoms with Crippen LogP contribution < -0.4 is 15.8 Å². The van der Waals surface area contributed by atoms with Gasteiger partial charge in [0, 0.05) is 11.6 Å². The summed E-state index contributed by atoms with van der Waals surface area (Å²) >= 11 is 0. The molecule has 0 spiro atoms. The molecule has 0 amide bonds. The van der Waals surface area contributed by atoms with E-state index in [0.29, 0.717) is 5.88 Å². The highest BCUT2D eigenvalue weighted by Crippen LogP contribution is 2.56. The summed E-state index contributed by atoms with van der Waals surface area (Å²) < 4.78 is 5.22. The summed E-state index contributed by atoms with van der Waals surface area (Å²) in [6, 6.07) is 3.70. The van der Waals surface area contributed by atoms with Crippen molar-refractivity contribution < 1.29 is 4.74 Å². The minimum atomic E-state index is 0.238. The fourth-order valence-electron chi connectivity index (χ4n) is 5.18. The van der Waals surface area contributed by atoms with Crippen molar-refractivity contribution in [1.82, 2.24) is 4.98 Å². The molecule has 4 heteroatoms. The van der Waals surface area contributed by atoms with Crippen LogP contribution in [0.2, 0.25) is 0 Å². The summed E-state index contributed by atoms with van der Waals surface area (Å²) in [5.41, 5.74) is 7.05. The standard InChI is InChI=1S/C16H23N3O/c1-20-14-3-2-13(17)15(18-14)19-16-7-10-4-11(8-16)6-12(5-10)9-16/h2-3,10-12H,4-9,17H2,1H3,(H,18,19). The van der Waals surface area contributed by atoms with Crippen LogP contribution in [0.15, 0.2) is 12.1 Å². The highest BCUT2D eigenvalue weighted by atomic mass is 16.5. The van der Waals surface area contributed by atoms with Gasteiger partial charge in [-0.25, -0.2) is 0 Å². The van der Waals surface area contributed by atoms with Crippen LogP contribution in [0, 0.1) is 17.8 Å². The molecule has 0 saturated heterocycles. The summed E-state index contributed by atoms with van der Waals surface area (Å²) in [4.78, 5) is 4.51. The maximum atomic E-state index is 6.09. The first kappa shape index (κ1) is 12.3. The van der Waals surface area contributed by atoms with Crippen molar-refractivity contribution in [3.05, 3.63) is 12.1 Å². The first-order valence-corrected chi connectivity index (χ1v) is 7.74. The third kappa shape index (κ3) is 1.93. The van der Waals surface area contributed by atoms with E-state index in [1.54, 1.807) is 7.11 Å². The number of ether oxygens (including phenoxy) is 1. The van der Waals surface area contributed by atoms with Crippen LogP contribution in [0.1, 0.15) is 38.5 Å². The quantitative estimate of drug-likeness (QED) is 0.888. The van der Waals surface area contributed by atoms with Crippen molar-refractivity contribution in [2.75, 3.05) is 18.2 Å². The van der Waals surface area contributed by atoms with E-state index in [1.807, 2.05) is 12.1 Å². The number of hydrogen-bond donors (Lipinski definition) is 2. The lowest BCUT2D eigenvalue weighted by atomic mass is 9.53. The van der Waals surface area contributed by atoms with Crippen molar-refractivity contribution in [2.45, 2.75) is 44.1 Å². The van der Waals surface area contributed by atoms with Crippen LogP contribution in [-0.2, 0) is 0 Å². The van der Waals surface area contributed by atoms with Crippen LogP contribution in [0.4, 0.5) is 11.5 Å². The topological polar surface area (TPSA) is 60.2 Å². The summed E-state index contributed by atoms with van der Waals surface area (Å²) in [7, 11) is 1.65. The normalized spacial score (nSPS) is 38.0. The van der Waals surface area contributed by atoms with E-state index in [0.717, 1.165) is 29.3 Å². The number of pyridine rings is 1. The largest absolute Gasteiger partial charge is 0.481 e. The second-order valence-corrected chi connectivity index (χ2v) is 7.11. The molecule has 108 valence electrons. The number of nitrogens with two attached hydrogens (primary N) is 1. The van der Waals surface area contributed by atoms with Gasteiger partial charge in [-0.05, 0) is 62.3 Å². The molecule has 0 atom stereocenters. The molecular formula is C16H23N3O.